The van der Waals surface area contributed by atoms with Crippen LogP contribution in [0.5, 0.6) is 0 Å². The highest BCUT2D eigenvalue weighted by atomic mass is 16.2. The quantitative estimate of drug-likeness (QED) is 0.493. The summed E-state index contributed by atoms with van der Waals surface area (Å²) in [6.07, 6.45) is 3.21. The van der Waals surface area contributed by atoms with Crippen molar-refractivity contribution in [3.05, 3.63) is 112 Å². The zero-order valence-electron chi connectivity index (χ0n) is 16.8. The van der Waals surface area contributed by atoms with Gasteiger partial charge in [0.15, 0.2) is 0 Å². The van der Waals surface area contributed by atoms with Gasteiger partial charge in [-0.05, 0) is 29.8 Å². The molecule has 0 aliphatic carbocycles. The van der Waals surface area contributed by atoms with Gasteiger partial charge in [-0.25, -0.2) is 4.52 Å². The summed E-state index contributed by atoms with van der Waals surface area (Å²) in [7, 11) is 1.73. The van der Waals surface area contributed by atoms with Crippen molar-refractivity contribution in [1.29, 1.82) is 0 Å². The Balaban J connectivity index is 1.63. The molecule has 5 rings (SSSR count). The van der Waals surface area contributed by atoms with Crippen LogP contribution < -0.4 is 5.56 Å². The first-order chi connectivity index (χ1) is 15.1. The number of hydrogen-bond acceptors (Lipinski definition) is 4. The van der Waals surface area contributed by atoms with Gasteiger partial charge in [-0.1, -0.05) is 48.5 Å². The number of aromatic amines is 1. The SMILES string of the molecule is CN(C(=O)c1cnn2c1[nH]c(=O)c1ccccc12)C(c1ccccc1)c1ccccn1. The van der Waals surface area contributed by atoms with Gasteiger partial charge >= 0.3 is 0 Å². The van der Waals surface area contributed by atoms with Crippen molar-refractivity contribution in [2.45, 2.75) is 6.04 Å². The minimum Gasteiger partial charge on any atom is -0.329 e. The van der Waals surface area contributed by atoms with Gasteiger partial charge in [-0.2, -0.15) is 5.10 Å². The summed E-state index contributed by atoms with van der Waals surface area (Å²) in [5.74, 6) is -0.263. The molecule has 5 aromatic rings. The highest BCUT2D eigenvalue weighted by Gasteiger charge is 2.28. The highest BCUT2D eigenvalue weighted by Crippen LogP contribution is 2.28. The van der Waals surface area contributed by atoms with E-state index in [1.807, 2.05) is 60.7 Å². The van der Waals surface area contributed by atoms with Crippen LogP contribution in [-0.4, -0.2) is 37.4 Å². The van der Waals surface area contributed by atoms with Crippen molar-refractivity contribution in [2.24, 2.45) is 0 Å². The number of carbonyl (C=O) groups excluding carboxylic acids is 1. The third-order valence-corrected chi connectivity index (χ3v) is 5.40. The number of nitrogens with one attached hydrogen (secondary N) is 1. The van der Waals surface area contributed by atoms with Crippen LogP contribution >= 0.6 is 0 Å². The van der Waals surface area contributed by atoms with E-state index < -0.39 is 6.04 Å². The third kappa shape index (κ3) is 3.16. The number of H-pyrrole nitrogens is 1. The topological polar surface area (TPSA) is 83.4 Å². The number of amides is 1. The molecule has 31 heavy (non-hydrogen) atoms. The number of aromatic nitrogens is 4. The van der Waals surface area contributed by atoms with Crippen molar-refractivity contribution >= 4 is 22.5 Å². The molecule has 0 fully saturated rings. The van der Waals surface area contributed by atoms with Crippen molar-refractivity contribution < 1.29 is 4.79 Å². The molecule has 152 valence electrons. The molecule has 0 spiro atoms. The molecule has 0 radical (unpaired) electrons. The Morgan fingerprint density at radius 2 is 1.74 bits per heavy atom. The minimum atomic E-state index is -0.392. The van der Waals surface area contributed by atoms with Crippen molar-refractivity contribution in [3.63, 3.8) is 0 Å². The van der Waals surface area contributed by atoms with Gasteiger partial charge in [-0.15, -0.1) is 0 Å². The van der Waals surface area contributed by atoms with E-state index in [4.69, 9.17) is 0 Å². The fraction of sp³-hybridized carbons (Fsp3) is 0.0833. The van der Waals surface area contributed by atoms with Crippen molar-refractivity contribution in [3.8, 4) is 0 Å². The second kappa shape index (κ2) is 7.53. The number of carbonyl (C=O) groups is 1. The number of fused-ring (bicyclic) bond motifs is 3. The van der Waals surface area contributed by atoms with E-state index in [1.54, 1.807) is 34.8 Å². The van der Waals surface area contributed by atoms with Crippen LogP contribution in [0.3, 0.4) is 0 Å². The number of hydrogen-bond donors (Lipinski definition) is 1. The van der Waals surface area contributed by atoms with Crippen LogP contribution in [0.2, 0.25) is 0 Å². The number of pyridine rings is 1. The fourth-order valence-electron chi connectivity index (χ4n) is 3.91. The Hall–Kier alpha value is -4.26. The van der Waals surface area contributed by atoms with E-state index in [-0.39, 0.29) is 11.5 Å². The summed E-state index contributed by atoms with van der Waals surface area (Å²) in [5, 5.41) is 4.89. The lowest BCUT2D eigenvalue weighted by Crippen LogP contribution is -2.32. The summed E-state index contributed by atoms with van der Waals surface area (Å²) >= 11 is 0. The van der Waals surface area contributed by atoms with E-state index in [1.165, 1.54) is 6.20 Å². The maximum absolute atomic E-state index is 13.6. The number of benzene rings is 2. The maximum atomic E-state index is 13.6. The largest absolute Gasteiger partial charge is 0.329 e. The van der Waals surface area contributed by atoms with E-state index >= 15 is 0 Å². The fourth-order valence-corrected chi connectivity index (χ4v) is 3.91. The molecule has 0 saturated heterocycles. The average Bonchev–Trinajstić information content (AvgIpc) is 3.24. The highest BCUT2D eigenvalue weighted by molar-refractivity contribution is 6.00. The zero-order chi connectivity index (χ0) is 21.4. The smallest absolute Gasteiger partial charge is 0.259 e. The first-order valence-electron chi connectivity index (χ1n) is 9.87. The molecule has 0 aliphatic heterocycles. The summed E-state index contributed by atoms with van der Waals surface area (Å²) in [6.45, 7) is 0. The van der Waals surface area contributed by atoms with Gasteiger partial charge in [-0.3, -0.25) is 14.6 Å². The van der Waals surface area contributed by atoms with E-state index in [0.29, 0.717) is 22.1 Å². The Bertz CT molecular complexity index is 1400. The van der Waals surface area contributed by atoms with Crippen LogP contribution in [0.4, 0.5) is 0 Å². The first kappa shape index (κ1) is 18.7. The Labute approximate surface area is 177 Å². The monoisotopic (exact) mass is 409 g/mol. The second-order valence-corrected chi connectivity index (χ2v) is 7.27. The molecule has 7 nitrogen and oxygen atoms in total. The molecule has 3 heterocycles. The van der Waals surface area contributed by atoms with Gasteiger partial charge in [0.05, 0.1) is 28.8 Å². The Morgan fingerprint density at radius 3 is 2.52 bits per heavy atom. The number of para-hydroxylation sites is 1. The summed E-state index contributed by atoms with van der Waals surface area (Å²) in [4.78, 5) is 35.1. The van der Waals surface area contributed by atoms with Gasteiger partial charge < -0.3 is 9.88 Å². The molecule has 1 amide bonds. The molecule has 3 aromatic heterocycles. The lowest BCUT2D eigenvalue weighted by atomic mass is 10.0. The summed E-state index contributed by atoms with van der Waals surface area (Å²) < 4.78 is 1.59. The van der Waals surface area contributed by atoms with Gasteiger partial charge in [0.2, 0.25) is 0 Å². The van der Waals surface area contributed by atoms with Crippen LogP contribution in [0.15, 0.2) is 90.0 Å². The first-order valence-corrected chi connectivity index (χ1v) is 9.87. The zero-order valence-corrected chi connectivity index (χ0v) is 16.8. The Morgan fingerprint density at radius 1 is 1.00 bits per heavy atom. The molecular weight excluding hydrogens is 390 g/mol. The lowest BCUT2D eigenvalue weighted by Gasteiger charge is -2.28. The Kier molecular flexibility index (Phi) is 4.55. The third-order valence-electron chi connectivity index (χ3n) is 5.40. The predicted octanol–water partition coefficient (Wildman–Crippen LogP) is 3.43. The molecule has 0 saturated carbocycles. The molecule has 1 unspecified atom stereocenters. The van der Waals surface area contributed by atoms with Gasteiger partial charge in [0.25, 0.3) is 11.5 Å². The summed E-state index contributed by atoms with van der Waals surface area (Å²) in [6, 6.07) is 22.1. The van der Waals surface area contributed by atoms with Crippen LogP contribution in [-0.2, 0) is 0 Å². The maximum Gasteiger partial charge on any atom is 0.259 e. The van der Waals surface area contributed by atoms with Crippen molar-refractivity contribution in [2.75, 3.05) is 7.05 Å². The van der Waals surface area contributed by atoms with Gasteiger partial charge in [0, 0.05) is 13.2 Å². The molecule has 2 aromatic carbocycles. The molecule has 1 N–H and O–H groups in total. The average molecular weight is 409 g/mol. The number of nitrogens with zero attached hydrogens (tertiary/aromatic N) is 4. The molecule has 7 heteroatoms. The van der Waals surface area contributed by atoms with Crippen LogP contribution in [0, 0.1) is 0 Å². The molecular formula is C24H19N5O2. The van der Waals surface area contributed by atoms with Crippen molar-refractivity contribution in [1.82, 2.24) is 24.5 Å². The lowest BCUT2D eigenvalue weighted by molar-refractivity contribution is 0.0754. The van der Waals surface area contributed by atoms with Gasteiger partial charge in [0.1, 0.15) is 11.2 Å². The second-order valence-electron chi connectivity index (χ2n) is 7.27. The molecule has 1 atom stereocenters. The molecule has 0 bridgehead atoms. The van der Waals surface area contributed by atoms with E-state index in [0.717, 1.165) is 11.3 Å². The standard InChI is InChI=1S/C24H19N5O2/c1-28(21(16-9-3-2-4-10-16)19-12-7-8-14-25-19)24(31)18-15-26-29-20-13-6-5-11-17(20)23(30)27-22(18)29/h2-15,21H,1H3,(H,27,30). The van der Waals surface area contributed by atoms with E-state index in [2.05, 4.69) is 15.1 Å². The normalized spacial score (nSPS) is 12.2. The van der Waals surface area contributed by atoms with Crippen LogP contribution in [0.1, 0.15) is 27.7 Å². The minimum absolute atomic E-state index is 0.260. The summed E-state index contributed by atoms with van der Waals surface area (Å²) in [5.41, 5.74) is 2.76. The predicted molar refractivity (Wildman–Crippen MR) is 118 cm³/mol. The number of rotatable bonds is 4. The van der Waals surface area contributed by atoms with E-state index in [9.17, 15) is 9.59 Å². The molecule has 0 aliphatic rings. The van der Waals surface area contributed by atoms with Crippen LogP contribution in [0.25, 0.3) is 16.6 Å².